The van der Waals surface area contributed by atoms with Crippen molar-refractivity contribution in [3.05, 3.63) is 35.4 Å². The number of rotatable bonds is 2. The zero-order valence-electron chi connectivity index (χ0n) is 14.4. The van der Waals surface area contributed by atoms with Gasteiger partial charge in [0.25, 0.3) is 0 Å². The van der Waals surface area contributed by atoms with Crippen molar-refractivity contribution < 1.29 is 9.84 Å². The summed E-state index contributed by atoms with van der Waals surface area (Å²) in [5.74, 6) is 1.40. The van der Waals surface area contributed by atoms with Crippen molar-refractivity contribution in [2.45, 2.75) is 19.6 Å². The first-order chi connectivity index (χ1) is 11.7. The van der Waals surface area contributed by atoms with E-state index in [0.717, 1.165) is 55.1 Å². The molecule has 3 heterocycles. The zero-order valence-corrected chi connectivity index (χ0v) is 14.4. The highest BCUT2D eigenvalue weighted by Crippen LogP contribution is 2.30. The van der Waals surface area contributed by atoms with Crippen LogP contribution in [0.15, 0.2) is 24.3 Å². The van der Waals surface area contributed by atoms with E-state index in [1.54, 1.807) is 0 Å². The minimum absolute atomic E-state index is 0.0107. The third kappa shape index (κ3) is 2.77. The number of hydrogen-bond acceptors (Lipinski definition) is 5. The molecule has 0 saturated carbocycles. The van der Waals surface area contributed by atoms with Crippen molar-refractivity contribution in [1.29, 1.82) is 0 Å². The van der Waals surface area contributed by atoms with Gasteiger partial charge >= 0.3 is 0 Å². The van der Waals surface area contributed by atoms with Gasteiger partial charge in [-0.1, -0.05) is 18.2 Å². The van der Waals surface area contributed by atoms with Crippen LogP contribution in [0.1, 0.15) is 11.1 Å². The van der Waals surface area contributed by atoms with Crippen LogP contribution in [-0.2, 0) is 11.3 Å². The Hall–Kier alpha value is -1.69. The number of ether oxygens (including phenoxy) is 1. The van der Waals surface area contributed by atoms with Crippen molar-refractivity contribution in [3.63, 3.8) is 0 Å². The SMILES string of the molecule is Cc1cccc2cc(CO)c(N3C[C@H]4COC[C@@H]3CN(C)C4)nc12. The lowest BCUT2D eigenvalue weighted by atomic mass is 10.1. The van der Waals surface area contributed by atoms with Crippen LogP contribution < -0.4 is 4.90 Å². The van der Waals surface area contributed by atoms with Crippen molar-refractivity contribution in [2.75, 3.05) is 44.8 Å². The van der Waals surface area contributed by atoms with Crippen molar-refractivity contribution >= 4 is 16.7 Å². The van der Waals surface area contributed by atoms with Crippen LogP contribution in [0.4, 0.5) is 5.82 Å². The molecule has 2 aliphatic heterocycles. The molecule has 0 aliphatic carbocycles. The van der Waals surface area contributed by atoms with Crippen molar-refractivity contribution in [2.24, 2.45) is 5.92 Å². The van der Waals surface area contributed by atoms with E-state index in [4.69, 9.17) is 9.72 Å². The van der Waals surface area contributed by atoms with Gasteiger partial charge in [-0.15, -0.1) is 0 Å². The second-order valence-electron chi connectivity index (χ2n) is 7.21. The first-order valence-electron chi connectivity index (χ1n) is 8.68. The molecule has 2 fully saturated rings. The van der Waals surface area contributed by atoms with Gasteiger partial charge in [0.1, 0.15) is 5.82 Å². The quantitative estimate of drug-likeness (QED) is 0.911. The van der Waals surface area contributed by atoms with Gasteiger partial charge in [0.2, 0.25) is 0 Å². The maximum absolute atomic E-state index is 9.93. The summed E-state index contributed by atoms with van der Waals surface area (Å²) >= 11 is 0. The van der Waals surface area contributed by atoms with Gasteiger partial charge in [0.05, 0.1) is 31.4 Å². The number of nitrogens with zero attached hydrogens (tertiary/aromatic N) is 3. The number of anilines is 1. The van der Waals surface area contributed by atoms with Crippen LogP contribution in [0, 0.1) is 12.8 Å². The molecule has 128 valence electrons. The minimum Gasteiger partial charge on any atom is -0.392 e. The number of pyridine rings is 1. The van der Waals surface area contributed by atoms with E-state index in [1.165, 1.54) is 5.56 Å². The highest BCUT2D eigenvalue weighted by Gasteiger charge is 2.33. The lowest BCUT2D eigenvalue weighted by Crippen LogP contribution is -2.43. The largest absolute Gasteiger partial charge is 0.392 e. The molecular formula is C19H25N3O2. The smallest absolute Gasteiger partial charge is 0.135 e. The topological polar surface area (TPSA) is 48.8 Å². The van der Waals surface area contributed by atoms with E-state index in [2.05, 4.69) is 42.0 Å². The summed E-state index contributed by atoms with van der Waals surface area (Å²) in [7, 11) is 2.18. The lowest BCUT2D eigenvalue weighted by molar-refractivity contribution is 0.0724. The highest BCUT2D eigenvalue weighted by molar-refractivity contribution is 5.84. The molecule has 4 rings (SSSR count). The van der Waals surface area contributed by atoms with Crippen LogP contribution >= 0.6 is 0 Å². The Labute approximate surface area is 142 Å². The Morgan fingerprint density at radius 1 is 1.25 bits per heavy atom. The molecule has 0 unspecified atom stereocenters. The molecular weight excluding hydrogens is 302 g/mol. The summed E-state index contributed by atoms with van der Waals surface area (Å²) in [6.45, 7) is 6.58. The van der Waals surface area contributed by atoms with Crippen LogP contribution in [0.3, 0.4) is 0 Å². The van der Waals surface area contributed by atoms with Gasteiger partial charge in [-0.2, -0.15) is 0 Å². The van der Waals surface area contributed by atoms with Crippen LogP contribution in [0.2, 0.25) is 0 Å². The molecule has 5 nitrogen and oxygen atoms in total. The van der Waals surface area contributed by atoms with Crippen LogP contribution in [0.25, 0.3) is 10.9 Å². The maximum Gasteiger partial charge on any atom is 0.135 e. The normalized spacial score (nSPS) is 25.0. The second-order valence-corrected chi connectivity index (χ2v) is 7.21. The monoisotopic (exact) mass is 327 g/mol. The van der Waals surface area contributed by atoms with E-state index in [1.807, 2.05) is 6.07 Å². The van der Waals surface area contributed by atoms with Crippen molar-refractivity contribution in [1.82, 2.24) is 9.88 Å². The van der Waals surface area contributed by atoms with Crippen LogP contribution in [-0.4, -0.2) is 60.9 Å². The summed E-state index contributed by atoms with van der Waals surface area (Å²) in [6, 6.07) is 8.57. The number of aryl methyl sites for hydroxylation is 1. The number of fused-ring (bicyclic) bond motifs is 4. The average Bonchev–Trinajstić information content (AvgIpc) is 2.84. The number of aliphatic hydroxyl groups is 1. The third-order valence-corrected chi connectivity index (χ3v) is 5.20. The fourth-order valence-electron chi connectivity index (χ4n) is 4.08. The molecule has 2 bridgehead atoms. The Balaban J connectivity index is 1.83. The first-order valence-corrected chi connectivity index (χ1v) is 8.68. The lowest BCUT2D eigenvalue weighted by Gasteiger charge is -2.32. The molecule has 1 aromatic heterocycles. The fourth-order valence-corrected chi connectivity index (χ4v) is 4.08. The molecule has 1 N–H and O–H groups in total. The third-order valence-electron chi connectivity index (χ3n) is 5.20. The van der Waals surface area contributed by atoms with Gasteiger partial charge < -0.3 is 19.6 Å². The highest BCUT2D eigenvalue weighted by atomic mass is 16.5. The average molecular weight is 327 g/mol. The summed E-state index contributed by atoms with van der Waals surface area (Å²) in [5, 5.41) is 11.0. The number of hydrogen-bond donors (Lipinski definition) is 1. The van der Waals surface area contributed by atoms with Gasteiger partial charge in [-0.25, -0.2) is 4.98 Å². The van der Waals surface area contributed by atoms with Gasteiger partial charge in [-0.3, -0.25) is 0 Å². The van der Waals surface area contributed by atoms with E-state index >= 15 is 0 Å². The molecule has 24 heavy (non-hydrogen) atoms. The molecule has 1 aromatic carbocycles. The number of aromatic nitrogens is 1. The standard InChI is InChI=1S/C19H25N3O2/c1-13-4-3-5-15-6-16(10-23)19(20-18(13)15)22-8-14-7-21(2)9-17(22)12-24-11-14/h3-6,14,17,23H,7-12H2,1-2H3/t14-,17-/m0/s1. The molecule has 0 amide bonds. The summed E-state index contributed by atoms with van der Waals surface area (Å²) < 4.78 is 5.89. The molecule has 5 heteroatoms. The molecule has 0 spiro atoms. The molecule has 2 atom stereocenters. The maximum atomic E-state index is 9.93. The van der Waals surface area contributed by atoms with Gasteiger partial charge in [0.15, 0.2) is 0 Å². The second kappa shape index (κ2) is 6.31. The van der Waals surface area contributed by atoms with E-state index < -0.39 is 0 Å². The van der Waals surface area contributed by atoms with Gasteiger partial charge in [-0.05, 0) is 25.6 Å². The van der Waals surface area contributed by atoms with Gasteiger partial charge in [0, 0.05) is 36.5 Å². The summed E-state index contributed by atoms with van der Waals surface area (Å²) in [4.78, 5) is 9.75. The zero-order chi connectivity index (χ0) is 16.7. The van der Waals surface area contributed by atoms with E-state index in [9.17, 15) is 5.11 Å². The number of aliphatic hydroxyl groups excluding tert-OH is 1. The Kier molecular flexibility index (Phi) is 4.16. The summed E-state index contributed by atoms with van der Waals surface area (Å²) in [5.41, 5.74) is 3.10. The molecule has 0 radical (unpaired) electrons. The Morgan fingerprint density at radius 3 is 2.96 bits per heavy atom. The molecule has 2 saturated heterocycles. The fraction of sp³-hybridized carbons (Fsp3) is 0.526. The van der Waals surface area contributed by atoms with Crippen LogP contribution in [0.5, 0.6) is 0 Å². The first kappa shape index (κ1) is 15.8. The summed E-state index contributed by atoms with van der Waals surface area (Å²) in [6.07, 6.45) is 0. The molecule has 2 aromatic rings. The number of benzene rings is 1. The van der Waals surface area contributed by atoms with E-state index in [-0.39, 0.29) is 12.6 Å². The predicted molar refractivity (Wildman–Crippen MR) is 95.3 cm³/mol. The number of likely N-dealkylation sites (N-methyl/N-ethyl adjacent to an activating group) is 1. The Bertz CT molecular complexity index is 749. The number of para-hydroxylation sites is 1. The molecule has 2 aliphatic rings. The Morgan fingerprint density at radius 2 is 2.12 bits per heavy atom. The predicted octanol–water partition coefficient (Wildman–Crippen LogP) is 1.80. The van der Waals surface area contributed by atoms with E-state index in [0.29, 0.717) is 5.92 Å². The van der Waals surface area contributed by atoms with Crippen molar-refractivity contribution in [3.8, 4) is 0 Å². The minimum atomic E-state index is 0.0107.